The Hall–Kier alpha value is -8.99. The van der Waals surface area contributed by atoms with Crippen LogP contribution in [0.25, 0.3) is 137 Å². The summed E-state index contributed by atoms with van der Waals surface area (Å²) in [5.74, 6) is 1.86. The van der Waals surface area contributed by atoms with Crippen molar-refractivity contribution in [3.05, 3.63) is 231 Å². The van der Waals surface area contributed by atoms with Gasteiger partial charge >= 0.3 is 0 Å². The Bertz CT molecular complexity index is 4290. The molecule has 0 saturated carbocycles. The molecule has 0 amide bonds. The zero-order valence-electron chi connectivity index (χ0n) is 36.2. The van der Waals surface area contributed by atoms with Crippen LogP contribution in [0.3, 0.4) is 0 Å². The molecule has 2 heterocycles. The summed E-state index contributed by atoms with van der Waals surface area (Å²) < 4.78 is 2.46. The Morgan fingerprint density at radius 1 is 0.224 bits per heavy atom. The lowest BCUT2D eigenvalue weighted by Gasteiger charge is -2.18. The molecule has 0 radical (unpaired) electrons. The molecule has 310 valence electrons. The molecule has 0 aliphatic heterocycles. The SMILES string of the molecule is c1ccc(-c2ccc3c(c2)c2ccccc2n3-c2cc(-c3nc(-c4ccccc4)nc(-c4ccc5c6ccccc6c6ccccc6c5c4)n3)cc3c4ccccc4c4ccccc4c23)cc1. The molecular weight excluding hydrogens is 813 g/mol. The largest absolute Gasteiger partial charge is 0.309 e. The smallest absolute Gasteiger partial charge is 0.164 e. The van der Waals surface area contributed by atoms with E-state index in [1.807, 2.05) is 18.2 Å². The minimum atomic E-state index is 0.611. The summed E-state index contributed by atoms with van der Waals surface area (Å²) in [7, 11) is 0. The summed E-state index contributed by atoms with van der Waals surface area (Å²) in [5, 5.41) is 16.8. The first-order valence-electron chi connectivity index (χ1n) is 22.9. The molecule has 14 aromatic rings. The molecular formula is C63H38N4. The van der Waals surface area contributed by atoms with Crippen molar-refractivity contribution in [2.75, 3.05) is 0 Å². The second-order valence-electron chi connectivity index (χ2n) is 17.5. The third-order valence-electron chi connectivity index (χ3n) is 13.8. The van der Waals surface area contributed by atoms with Gasteiger partial charge in [-0.25, -0.2) is 15.0 Å². The van der Waals surface area contributed by atoms with Crippen molar-refractivity contribution in [1.29, 1.82) is 0 Å². The number of aromatic nitrogens is 4. The van der Waals surface area contributed by atoms with E-state index < -0.39 is 0 Å². The zero-order chi connectivity index (χ0) is 44.0. The lowest BCUT2D eigenvalue weighted by atomic mass is 9.91. The molecule has 0 fully saturated rings. The summed E-state index contributed by atoms with van der Waals surface area (Å²) in [6, 6.07) is 83.0. The highest BCUT2D eigenvalue weighted by Crippen LogP contribution is 2.44. The highest BCUT2D eigenvalue weighted by Gasteiger charge is 2.22. The first-order chi connectivity index (χ1) is 33.2. The minimum Gasteiger partial charge on any atom is -0.309 e. The van der Waals surface area contributed by atoms with Crippen LogP contribution in [-0.2, 0) is 0 Å². The number of para-hydroxylation sites is 1. The molecule has 0 atom stereocenters. The van der Waals surface area contributed by atoms with Crippen LogP contribution in [0.5, 0.6) is 0 Å². The van der Waals surface area contributed by atoms with Gasteiger partial charge in [-0.3, -0.25) is 0 Å². The first kappa shape index (κ1) is 37.4. The molecule has 67 heavy (non-hydrogen) atoms. The van der Waals surface area contributed by atoms with E-state index >= 15 is 0 Å². The highest BCUT2D eigenvalue weighted by molar-refractivity contribution is 6.29. The highest BCUT2D eigenvalue weighted by atomic mass is 15.0. The van der Waals surface area contributed by atoms with E-state index in [1.165, 1.54) is 81.1 Å². The number of hydrogen-bond acceptors (Lipinski definition) is 3. The number of rotatable bonds is 5. The normalized spacial score (nSPS) is 11.9. The van der Waals surface area contributed by atoms with Gasteiger partial charge in [0.2, 0.25) is 0 Å². The Morgan fingerprint density at radius 2 is 0.627 bits per heavy atom. The third kappa shape index (κ3) is 5.83. The van der Waals surface area contributed by atoms with E-state index in [1.54, 1.807) is 0 Å². The van der Waals surface area contributed by atoms with Gasteiger partial charge in [0.25, 0.3) is 0 Å². The summed E-state index contributed by atoms with van der Waals surface area (Å²) in [6.45, 7) is 0. The first-order valence-corrected chi connectivity index (χ1v) is 22.9. The van der Waals surface area contributed by atoms with Gasteiger partial charge in [0.1, 0.15) is 0 Å². The fraction of sp³-hybridized carbons (Fsp3) is 0. The zero-order valence-corrected chi connectivity index (χ0v) is 36.2. The Morgan fingerprint density at radius 3 is 1.25 bits per heavy atom. The molecule has 0 unspecified atom stereocenters. The standard InChI is InChI=1S/C63H38N4/c1-3-17-39(18-4-1)41-32-34-58-55(35-41)52-28-15-16-30-57(52)67(58)59-38-43(37-56-50-27-12-10-24-47(50)48-25-13-14-29-53(48)60(56)59)63-65-61(40-19-5-2-6-20-40)64-62(66-63)42-31-33-51-46-23-8-7-21-44(46)45-22-9-11-26-49(45)54(51)36-42/h1-38H. The van der Waals surface area contributed by atoms with Crippen molar-refractivity contribution < 1.29 is 0 Å². The number of benzene rings is 12. The second kappa shape index (κ2) is 14.8. The molecule has 0 aliphatic rings. The summed E-state index contributed by atoms with van der Waals surface area (Å²) in [6.07, 6.45) is 0. The van der Waals surface area contributed by atoms with Gasteiger partial charge in [-0.1, -0.05) is 194 Å². The van der Waals surface area contributed by atoms with Gasteiger partial charge < -0.3 is 4.57 Å². The molecule has 0 saturated heterocycles. The predicted octanol–water partition coefficient (Wildman–Crippen LogP) is 16.6. The number of nitrogens with zero attached hydrogens (tertiary/aromatic N) is 4. The van der Waals surface area contributed by atoms with Crippen LogP contribution in [0.4, 0.5) is 0 Å². The maximum atomic E-state index is 5.46. The maximum absolute atomic E-state index is 5.46. The van der Waals surface area contributed by atoms with Gasteiger partial charge in [-0.2, -0.15) is 0 Å². The summed E-state index contributed by atoms with van der Waals surface area (Å²) >= 11 is 0. The van der Waals surface area contributed by atoms with E-state index in [9.17, 15) is 0 Å². The predicted molar refractivity (Wildman–Crippen MR) is 281 cm³/mol. The van der Waals surface area contributed by atoms with E-state index in [-0.39, 0.29) is 0 Å². The molecule has 2 aromatic heterocycles. The lowest BCUT2D eigenvalue weighted by molar-refractivity contribution is 1.07. The molecule has 4 heteroatoms. The van der Waals surface area contributed by atoms with E-state index in [2.05, 4.69) is 217 Å². The van der Waals surface area contributed by atoms with Gasteiger partial charge in [0.05, 0.1) is 16.7 Å². The van der Waals surface area contributed by atoms with Crippen molar-refractivity contribution in [3.8, 4) is 51.0 Å². The average molecular weight is 851 g/mol. The molecule has 0 bridgehead atoms. The molecule has 0 aliphatic carbocycles. The van der Waals surface area contributed by atoms with E-state index in [0.717, 1.165) is 38.8 Å². The van der Waals surface area contributed by atoms with Crippen molar-refractivity contribution in [3.63, 3.8) is 0 Å². The van der Waals surface area contributed by atoms with E-state index in [4.69, 9.17) is 15.0 Å². The van der Waals surface area contributed by atoms with Crippen molar-refractivity contribution in [2.45, 2.75) is 0 Å². The monoisotopic (exact) mass is 850 g/mol. The van der Waals surface area contributed by atoms with Gasteiger partial charge in [-0.05, 0) is 107 Å². The summed E-state index contributed by atoms with van der Waals surface area (Å²) in [4.78, 5) is 16.1. The van der Waals surface area contributed by atoms with Gasteiger partial charge in [0.15, 0.2) is 17.5 Å². The van der Waals surface area contributed by atoms with Crippen LogP contribution >= 0.6 is 0 Å². The van der Waals surface area contributed by atoms with Crippen LogP contribution in [-0.4, -0.2) is 19.5 Å². The van der Waals surface area contributed by atoms with Crippen LogP contribution in [0.1, 0.15) is 0 Å². The molecule has 12 aromatic carbocycles. The minimum absolute atomic E-state index is 0.611. The molecule has 4 nitrogen and oxygen atoms in total. The Kier molecular flexibility index (Phi) is 8.25. The third-order valence-corrected chi connectivity index (χ3v) is 13.8. The van der Waals surface area contributed by atoms with Crippen molar-refractivity contribution in [2.24, 2.45) is 0 Å². The maximum Gasteiger partial charge on any atom is 0.164 e. The van der Waals surface area contributed by atoms with Gasteiger partial charge in [0, 0.05) is 32.8 Å². The average Bonchev–Trinajstić information content (AvgIpc) is 3.74. The molecule has 14 rings (SSSR count). The van der Waals surface area contributed by atoms with Gasteiger partial charge in [-0.15, -0.1) is 0 Å². The number of hydrogen-bond donors (Lipinski definition) is 0. The van der Waals surface area contributed by atoms with Crippen molar-refractivity contribution in [1.82, 2.24) is 19.5 Å². The lowest BCUT2D eigenvalue weighted by Crippen LogP contribution is -2.02. The quantitative estimate of drug-likeness (QED) is 0.162. The fourth-order valence-electron chi connectivity index (χ4n) is 10.8. The molecule has 0 spiro atoms. The fourth-order valence-corrected chi connectivity index (χ4v) is 10.8. The molecule has 0 N–H and O–H groups in total. The van der Waals surface area contributed by atoms with Crippen LogP contribution in [0.15, 0.2) is 231 Å². The second-order valence-corrected chi connectivity index (χ2v) is 17.5. The summed E-state index contributed by atoms with van der Waals surface area (Å²) in [5.41, 5.74) is 8.49. The van der Waals surface area contributed by atoms with Crippen LogP contribution in [0.2, 0.25) is 0 Å². The topological polar surface area (TPSA) is 43.6 Å². The Balaban J connectivity index is 1.08. The Labute approximate surface area is 385 Å². The number of fused-ring (bicyclic) bond motifs is 15. The van der Waals surface area contributed by atoms with Crippen molar-refractivity contribution >= 4 is 86.4 Å². The van der Waals surface area contributed by atoms with E-state index in [0.29, 0.717) is 17.5 Å². The van der Waals surface area contributed by atoms with Crippen LogP contribution in [0, 0.1) is 0 Å². The van der Waals surface area contributed by atoms with Crippen LogP contribution < -0.4 is 0 Å².